The van der Waals surface area contributed by atoms with Gasteiger partial charge >= 0.3 is 6.03 Å². The van der Waals surface area contributed by atoms with Crippen LogP contribution in [0.5, 0.6) is 11.8 Å². The molecule has 1 aliphatic heterocycles. The van der Waals surface area contributed by atoms with Gasteiger partial charge in [0.2, 0.25) is 11.8 Å². The minimum absolute atomic E-state index is 0.105. The monoisotopic (exact) mass is 696 g/mol. The summed E-state index contributed by atoms with van der Waals surface area (Å²) in [4.78, 5) is 55.0. The summed E-state index contributed by atoms with van der Waals surface area (Å²) in [5, 5.41) is 5.92. The van der Waals surface area contributed by atoms with E-state index in [1.165, 1.54) is 12.0 Å². The third kappa shape index (κ3) is 8.27. The van der Waals surface area contributed by atoms with Gasteiger partial charge in [-0.15, -0.1) is 0 Å². The number of carbonyl (C=O) groups excluding carboxylic acids is 3. The highest BCUT2D eigenvalue weighted by molar-refractivity contribution is 6.38. The number of aromatic nitrogens is 3. The number of halogens is 2. The molecule has 1 aliphatic rings. The van der Waals surface area contributed by atoms with Crippen LogP contribution in [0.25, 0.3) is 11.0 Å². The number of fused-ring (bicyclic) bond motifs is 1. The average Bonchev–Trinajstić information content (AvgIpc) is 3.54. The largest absolute Gasteiger partial charge is 0.483 e. The number of pyridine rings is 1. The predicted octanol–water partition coefficient (Wildman–Crippen LogP) is 4.06. The molecule has 4 aromatic rings. The molecule has 15 heteroatoms. The van der Waals surface area contributed by atoms with E-state index in [1.807, 2.05) is 30.3 Å². The predicted molar refractivity (Wildman–Crippen MR) is 184 cm³/mol. The van der Waals surface area contributed by atoms with E-state index >= 15 is 0 Å². The summed E-state index contributed by atoms with van der Waals surface area (Å²) in [7, 11) is 4.72. The maximum absolute atomic E-state index is 13.3. The van der Waals surface area contributed by atoms with Gasteiger partial charge in [0.25, 0.3) is 6.01 Å². The van der Waals surface area contributed by atoms with Gasteiger partial charge in [0.1, 0.15) is 17.4 Å². The minimum Gasteiger partial charge on any atom is -0.483 e. The summed E-state index contributed by atoms with van der Waals surface area (Å²) in [5.74, 6) is -0.138. The second-order valence-corrected chi connectivity index (χ2v) is 12.0. The summed E-state index contributed by atoms with van der Waals surface area (Å²) in [6, 6.07) is 14.6. The van der Waals surface area contributed by atoms with E-state index in [2.05, 4.69) is 30.5 Å². The number of amides is 4. The van der Waals surface area contributed by atoms with Crippen LogP contribution < -0.4 is 25.0 Å². The Morgan fingerprint density at radius 3 is 2.56 bits per heavy atom. The lowest BCUT2D eigenvalue weighted by Gasteiger charge is -2.34. The summed E-state index contributed by atoms with van der Waals surface area (Å²) in [6.45, 7) is 2.85. The van der Waals surface area contributed by atoms with Crippen molar-refractivity contribution >= 4 is 57.8 Å². The number of para-hydroxylation sites is 1. The molecule has 4 amide bonds. The van der Waals surface area contributed by atoms with E-state index in [-0.39, 0.29) is 35.8 Å². The van der Waals surface area contributed by atoms with Gasteiger partial charge in [0, 0.05) is 82.1 Å². The first-order chi connectivity index (χ1) is 23.2. The number of aromatic amines is 1. The molecular weight excluding hydrogens is 659 g/mol. The lowest BCUT2D eigenvalue weighted by atomic mass is 10.0. The Kier molecular flexibility index (Phi) is 11.6. The highest BCUT2D eigenvalue weighted by atomic mass is 35.5. The number of benzene rings is 2. The van der Waals surface area contributed by atoms with E-state index in [0.29, 0.717) is 72.7 Å². The van der Waals surface area contributed by atoms with Crippen LogP contribution in [0.1, 0.15) is 23.8 Å². The van der Waals surface area contributed by atoms with E-state index in [0.717, 1.165) is 11.2 Å². The molecule has 1 atom stereocenters. The molecule has 13 nitrogen and oxygen atoms in total. The third-order valence-electron chi connectivity index (χ3n) is 8.17. The molecule has 3 N–H and O–H groups in total. The normalized spacial score (nSPS) is 14.0. The second-order valence-electron chi connectivity index (χ2n) is 11.2. The number of likely N-dealkylation sites (N-methyl/N-ethyl adjacent to an activating group) is 1. The second kappa shape index (κ2) is 16.0. The highest BCUT2D eigenvalue weighted by Gasteiger charge is 2.27. The number of ether oxygens (including phenoxy) is 2. The van der Waals surface area contributed by atoms with Crippen molar-refractivity contribution in [2.45, 2.75) is 18.9 Å². The van der Waals surface area contributed by atoms with Crippen LogP contribution in [-0.4, -0.2) is 103 Å². The van der Waals surface area contributed by atoms with Crippen molar-refractivity contribution < 1.29 is 23.9 Å². The maximum atomic E-state index is 13.3. The van der Waals surface area contributed by atoms with Crippen molar-refractivity contribution in [1.29, 1.82) is 0 Å². The summed E-state index contributed by atoms with van der Waals surface area (Å²) in [6.07, 6.45) is 1.52. The zero-order valence-corrected chi connectivity index (χ0v) is 28.5. The number of H-pyrrole nitrogens is 1. The molecule has 0 radical (unpaired) electrons. The summed E-state index contributed by atoms with van der Waals surface area (Å²) in [5.41, 5.74) is 2.91. The quantitative estimate of drug-likeness (QED) is 0.201. The molecule has 2 aromatic carbocycles. The first kappa shape index (κ1) is 34.7. The highest BCUT2D eigenvalue weighted by Crippen LogP contribution is 2.41. The van der Waals surface area contributed by atoms with Crippen molar-refractivity contribution in [3.63, 3.8) is 0 Å². The SMILES string of the molecule is CNC(=O)N1CCN(CCC(=O)NCC(=O)N(C)c2ccc(Cl)c(C(Cc3ccccn3)Oc3cccc4[nH]c(OC)nc34)c2Cl)CC1. The molecule has 48 heavy (non-hydrogen) atoms. The van der Waals surface area contributed by atoms with Gasteiger partial charge in [-0.25, -0.2) is 4.79 Å². The van der Waals surface area contributed by atoms with Gasteiger partial charge in [-0.05, 0) is 36.4 Å². The number of anilines is 1. The molecule has 0 bridgehead atoms. The van der Waals surface area contributed by atoms with Crippen LogP contribution in [0.2, 0.25) is 10.0 Å². The van der Waals surface area contributed by atoms with Gasteiger partial charge in [-0.1, -0.05) is 35.3 Å². The van der Waals surface area contributed by atoms with Crippen LogP contribution in [0.3, 0.4) is 0 Å². The molecule has 254 valence electrons. The Bertz CT molecular complexity index is 1750. The van der Waals surface area contributed by atoms with E-state index in [9.17, 15) is 14.4 Å². The van der Waals surface area contributed by atoms with Crippen molar-refractivity contribution in [3.8, 4) is 11.8 Å². The minimum atomic E-state index is -0.713. The number of carbonyl (C=O) groups is 3. The molecule has 0 aliphatic carbocycles. The Morgan fingerprint density at radius 1 is 1.06 bits per heavy atom. The fraction of sp³-hybridized carbons (Fsp3) is 0.364. The number of imidazole rings is 1. The van der Waals surface area contributed by atoms with E-state index < -0.39 is 6.10 Å². The smallest absolute Gasteiger partial charge is 0.317 e. The Morgan fingerprint density at radius 2 is 1.85 bits per heavy atom. The van der Waals surface area contributed by atoms with Crippen molar-refractivity contribution in [2.75, 3.05) is 65.4 Å². The molecule has 1 unspecified atom stereocenters. The van der Waals surface area contributed by atoms with Crippen LogP contribution >= 0.6 is 23.2 Å². The van der Waals surface area contributed by atoms with Crippen LogP contribution in [0.4, 0.5) is 10.5 Å². The van der Waals surface area contributed by atoms with Crippen molar-refractivity contribution in [2.24, 2.45) is 0 Å². The fourth-order valence-electron chi connectivity index (χ4n) is 5.46. The molecule has 1 saturated heterocycles. The Labute approximate surface area is 288 Å². The number of nitrogens with one attached hydrogen (secondary N) is 3. The van der Waals surface area contributed by atoms with E-state index in [4.69, 9.17) is 32.7 Å². The summed E-state index contributed by atoms with van der Waals surface area (Å²) >= 11 is 13.8. The Balaban J connectivity index is 1.28. The zero-order valence-electron chi connectivity index (χ0n) is 27.0. The lowest BCUT2D eigenvalue weighted by molar-refractivity contribution is -0.125. The lowest BCUT2D eigenvalue weighted by Crippen LogP contribution is -2.51. The van der Waals surface area contributed by atoms with E-state index in [1.54, 1.807) is 43.4 Å². The molecular formula is C33H38Cl2N8O5. The Hall–Kier alpha value is -4.59. The van der Waals surface area contributed by atoms with Gasteiger partial charge < -0.3 is 34.9 Å². The molecule has 0 saturated carbocycles. The van der Waals surface area contributed by atoms with Gasteiger partial charge in [0.15, 0.2) is 0 Å². The molecule has 2 aromatic heterocycles. The summed E-state index contributed by atoms with van der Waals surface area (Å²) < 4.78 is 11.9. The average molecular weight is 698 g/mol. The van der Waals surface area contributed by atoms with Crippen LogP contribution in [0.15, 0.2) is 54.7 Å². The van der Waals surface area contributed by atoms with Crippen molar-refractivity contribution in [1.82, 2.24) is 35.4 Å². The van der Waals surface area contributed by atoms with Gasteiger partial charge in [0.05, 0.1) is 29.9 Å². The zero-order chi connectivity index (χ0) is 34.2. The first-order valence-electron chi connectivity index (χ1n) is 15.5. The number of nitrogens with zero attached hydrogens (tertiary/aromatic N) is 5. The molecule has 5 rings (SSSR count). The molecule has 1 fully saturated rings. The fourth-order valence-corrected chi connectivity index (χ4v) is 6.20. The van der Waals surface area contributed by atoms with Crippen molar-refractivity contribution in [3.05, 3.63) is 76.0 Å². The van der Waals surface area contributed by atoms with Gasteiger partial charge in [-0.2, -0.15) is 4.98 Å². The number of piperazine rings is 1. The number of hydrogen-bond donors (Lipinski definition) is 3. The van der Waals surface area contributed by atoms with Crippen LogP contribution in [-0.2, 0) is 16.0 Å². The number of hydrogen-bond acceptors (Lipinski definition) is 8. The molecule has 3 heterocycles. The first-order valence-corrected chi connectivity index (χ1v) is 16.2. The number of urea groups is 1. The van der Waals surface area contributed by atoms with Gasteiger partial charge in [-0.3, -0.25) is 19.5 Å². The van der Waals surface area contributed by atoms with Crippen LogP contribution in [0, 0.1) is 0 Å². The topological polar surface area (TPSA) is 145 Å². The number of rotatable bonds is 12. The molecule has 0 spiro atoms. The third-order valence-corrected chi connectivity index (χ3v) is 8.89. The maximum Gasteiger partial charge on any atom is 0.317 e. The standard InChI is InChI=1S/C33H38Cl2N8O5/c1-36-33(46)43-17-15-42(16-18-43)14-12-27(44)38-20-28(45)41(2)24-11-10-22(34)29(30(24)35)26(19-21-7-4-5-13-37-21)48-25-9-6-8-23-31(25)40-32(39-23)47-3/h4-11,13,26H,12,14-20H2,1-3H3,(H,36,46)(H,38,44)(H,39,40). The number of methoxy groups -OCH3 is 1.